The van der Waals surface area contributed by atoms with E-state index in [0.717, 1.165) is 42.6 Å². The van der Waals surface area contributed by atoms with Crippen molar-refractivity contribution in [2.45, 2.75) is 19.4 Å². The Hall–Kier alpha value is -3.13. The molecule has 27 heavy (non-hydrogen) atoms. The molecule has 2 aliphatic heterocycles. The van der Waals surface area contributed by atoms with Gasteiger partial charge in [-0.25, -0.2) is 0 Å². The molecule has 1 saturated heterocycles. The molecule has 8 heteroatoms. The lowest BCUT2D eigenvalue weighted by molar-refractivity contribution is -0.383. The summed E-state index contributed by atoms with van der Waals surface area (Å²) in [6, 6.07) is 8.24. The van der Waals surface area contributed by atoms with Crippen molar-refractivity contribution >= 4 is 28.0 Å². The van der Waals surface area contributed by atoms with Crippen LogP contribution in [0.2, 0.25) is 0 Å². The van der Waals surface area contributed by atoms with Gasteiger partial charge in [-0.3, -0.25) is 14.8 Å². The standard InChI is InChI=1S/C19H19N5O3/c25-12-3-4-14-13(11-12)18-17-15(5-6-16(24(26)27)19(17)20-14)23(21-18)10-9-22-7-1-2-8-22/h3-6,11,20,25H,1-2,7-10H2. The van der Waals surface area contributed by atoms with Gasteiger partial charge in [-0.2, -0.15) is 5.10 Å². The summed E-state index contributed by atoms with van der Waals surface area (Å²) < 4.78 is 1.93. The van der Waals surface area contributed by atoms with Crippen LogP contribution in [0.5, 0.6) is 5.75 Å². The predicted molar refractivity (Wildman–Crippen MR) is 102 cm³/mol. The maximum Gasteiger partial charge on any atom is 0.293 e. The van der Waals surface area contributed by atoms with E-state index in [0.29, 0.717) is 17.1 Å². The van der Waals surface area contributed by atoms with Gasteiger partial charge < -0.3 is 15.3 Å². The Morgan fingerprint density at radius 3 is 2.78 bits per heavy atom. The highest BCUT2D eigenvalue weighted by atomic mass is 16.6. The minimum atomic E-state index is -0.376. The van der Waals surface area contributed by atoms with Crippen LogP contribution in [0.4, 0.5) is 17.1 Å². The van der Waals surface area contributed by atoms with Crippen molar-refractivity contribution in [1.82, 2.24) is 14.7 Å². The van der Waals surface area contributed by atoms with E-state index in [1.165, 1.54) is 18.9 Å². The Bertz CT molecular complexity index is 1070. The van der Waals surface area contributed by atoms with Crippen molar-refractivity contribution in [3.63, 3.8) is 0 Å². The van der Waals surface area contributed by atoms with E-state index in [2.05, 4.69) is 10.2 Å². The van der Waals surface area contributed by atoms with Gasteiger partial charge >= 0.3 is 0 Å². The molecule has 138 valence electrons. The molecular weight excluding hydrogens is 346 g/mol. The second kappa shape index (κ2) is 5.95. The van der Waals surface area contributed by atoms with E-state index in [4.69, 9.17) is 5.10 Å². The van der Waals surface area contributed by atoms with Crippen LogP contribution in [0.25, 0.3) is 22.2 Å². The molecular formula is C19H19N5O3. The largest absolute Gasteiger partial charge is 0.508 e. The van der Waals surface area contributed by atoms with Gasteiger partial charge in [-0.05, 0) is 50.2 Å². The zero-order valence-electron chi connectivity index (χ0n) is 14.7. The highest BCUT2D eigenvalue weighted by molar-refractivity contribution is 6.12. The molecule has 0 saturated carbocycles. The first kappa shape index (κ1) is 16.1. The molecule has 0 amide bonds. The molecule has 0 radical (unpaired) electrons. The molecule has 2 aromatic carbocycles. The fraction of sp³-hybridized carbons (Fsp3) is 0.316. The van der Waals surface area contributed by atoms with Crippen molar-refractivity contribution in [1.29, 1.82) is 0 Å². The number of hydrogen-bond donors (Lipinski definition) is 2. The highest BCUT2D eigenvalue weighted by Crippen LogP contribution is 2.47. The average Bonchev–Trinajstić information content (AvgIpc) is 3.29. The number of aromatic nitrogens is 2. The normalized spacial score (nSPS) is 15.7. The molecule has 3 heterocycles. The summed E-state index contributed by atoms with van der Waals surface area (Å²) in [5, 5.41) is 30.1. The monoisotopic (exact) mass is 365 g/mol. The molecule has 8 nitrogen and oxygen atoms in total. The van der Waals surface area contributed by atoms with E-state index < -0.39 is 0 Å². The first-order valence-electron chi connectivity index (χ1n) is 9.12. The number of benzene rings is 2. The van der Waals surface area contributed by atoms with E-state index in [9.17, 15) is 15.2 Å². The minimum Gasteiger partial charge on any atom is -0.508 e. The number of anilines is 2. The van der Waals surface area contributed by atoms with Gasteiger partial charge in [0, 0.05) is 23.9 Å². The van der Waals surface area contributed by atoms with Gasteiger partial charge in [0.05, 0.1) is 22.4 Å². The summed E-state index contributed by atoms with van der Waals surface area (Å²) in [5.74, 6) is 0.143. The van der Waals surface area contributed by atoms with Gasteiger partial charge in [0.1, 0.15) is 17.1 Å². The first-order valence-corrected chi connectivity index (χ1v) is 9.12. The highest BCUT2D eigenvalue weighted by Gasteiger charge is 2.29. The molecule has 1 fully saturated rings. The molecule has 5 rings (SSSR count). The molecule has 2 aliphatic rings. The predicted octanol–water partition coefficient (Wildman–Crippen LogP) is 3.47. The summed E-state index contributed by atoms with van der Waals surface area (Å²) in [7, 11) is 0. The molecule has 3 aromatic rings. The van der Waals surface area contributed by atoms with Gasteiger partial charge in [0.2, 0.25) is 0 Å². The molecule has 2 N–H and O–H groups in total. The van der Waals surface area contributed by atoms with Crippen LogP contribution >= 0.6 is 0 Å². The van der Waals surface area contributed by atoms with E-state index in [-0.39, 0.29) is 16.4 Å². The Kier molecular flexibility index (Phi) is 3.54. The van der Waals surface area contributed by atoms with Gasteiger partial charge in [0.25, 0.3) is 5.69 Å². The second-order valence-electron chi connectivity index (χ2n) is 7.09. The number of nitro benzene ring substituents is 1. The summed E-state index contributed by atoms with van der Waals surface area (Å²) in [4.78, 5) is 13.6. The lowest BCUT2D eigenvalue weighted by Gasteiger charge is -2.17. The number of phenols is 1. The number of nitrogens with one attached hydrogen (secondary N) is 1. The molecule has 1 aromatic heterocycles. The topological polar surface area (TPSA) is 96.5 Å². The molecule has 0 atom stereocenters. The van der Waals surface area contributed by atoms with Gasteiger partial charge in [-0.1, -0.05) is 0 Å². The van der Waals surface area contributed by atoms with E-state index in [1.54, 1.807) is 24.3 Å². The summed E-state index contributed by atoms with van der Waals surface area (Å²) >= 11 is 0. The third-order valence-corrected chi connectivity index (χ3v) is 5.44. The van der Waals surface area contributed by atoms with Crippen molar-refractivity contribution in [3.05, 3.63) is 40.4 Å². The third-order valence-electron chi connectivity index (χ3n) is 5.44. The quantitative estimate of drug-likeness (QED) is 0.327. The lowest BCUT2D eigenvalue weighted by atomic mass is 9.99. The Labute approximate surface area is 155 Å². The number of hydrogen-bond acceptors (Lipinski definition) is 6. The Morgan fingerprint density at radius 1 is 1.19 bits per heavy atom. The number of phenolic OH excluding ortho intramolecular Hbond substituents is 1. The van der Waals surface area contributed by atoms with Crippen LogP contribution in [0.1, 0.15) is 12.8 Å². The number of aromatic hydroxyl groups is 1. The van der Waals surface area contributed by atoms with Crippen LogP contribution in [-0.2, 0) is 6.54 Å². The van der Waals surface area contributed by atoms with Crippen LogP contribution < -0.4 is 5.32 Å². The summed E-state index contributed by atoms with van der Waals surface area (Å²) in [6.45, 7) is 3.85. The number of rotatable bonds is 4. The maximum absolute atomic E-state index is 11.5. The second-order valence-corrected chi connectivity index (χ2v) is 7.09. The fourth-order valence-electron chi connectivity index (χ4n) is 4.11. The van der Waals surface area contributed by atoms with Crippen molar-refractivity contribution in [2.75, 3.05) is 25.0 Å². The SMILES string of the molecule is O=[N+]([O-])c1ccc2c3c(nn2CCN2CCCC2)-c2cc(O)ccc2Nc13. The molecule has 0 bridgehead atoms. The first-order chi connectivity index (χ1) is 13.1. The number of nitro groups is 1. The van der Waals surface area contributed by atoms with Crippen LogP contribution in [0.15, 0.2) is 30.3 Å². The molecule has 0 aliphatic carbocycles. The van der Waals surface area contributed by atoms with Crippen molar-refractivity contribution < 1.29 is 10.0 Å². The van der Waals surface area contributed by atoms with Crippen molar-refractivity contribution in [2.24, 2.45) is 0 Å². The Morgan fingerprint density at radius 2 is 2.00 bits per heavy atom. The fourth-order valence-corrected chi connectivity index (χ4v) is 4.11. The third kappa shape index (κ3) is 2.52. The zero-order valence-corrected chi connectivity index (χ0v) is 14.7. The van der Waals surface area contributed by atoms with Crippen LogP contribution in [0.3, 0.4) is 0 Å². The van der Waals surface area contributed by atoms with Gasteiger partial charge in [-0.15, -0.1) is 0 Å². The summed E-state index contributed by atoms with van der Waals surface area (Å²) in [6.07, 6.45) is 2.47. The van der Waals surface area contributed by atoms with E-state index in [1.807, 2.05) is 4.68 Å². The number of fused-ring (bicyclic) bond motifs is 2. The molecule has 0 spiro atoms. The van der Waals surface area contributed by atoms with Crippen LogP contribution in [-0.4, -0.2) is 44.3 Å². The van der Waals surface area contributed by atoms with Gasteiger partial charge in [0.15, 0.2) is 0 Å². The van der Waals surface area contributed by atoms with E-state index >= 15 is 0 Å². The van der Waals surface area contributed by atoms with Crippen molar-refractivity contribution in [3.8, 4) is 17.0 Å². The Balaban J connectivity index is 1.67. The number of nitrogens with zero attached hydrogens (tertiary/aromatic N) is 4. The minimum absolute atomic E-state index is 0.0292. The smallest absolute Gasteiger partial charge is 0.293 e. The molecule has 0 unspecified atom stereocenters. The lowest BCUT2D eigenvalue weighted by Crippen LogP contribution is -2.24. The zero-order chi connectivity index (χ0) is 18.5. The number of likely N-dealkylation sites (tertiary alicyclic amines) is 1. The maximum atomic E-state index is 11.5. The summed E-state index contributed by atoms with van der Waals surface area (Å²) in [5.41, 5.74) is 3.51. The average molecular weight is 365 g/mol. The van der Waals surface area contributed by atoms with Crippen LogP contribution in [0, 0.1) is 10.1 Å².